The quantitative estimate of drug-likeness (QED) is 0.235. The molecule has 1 aromatic carbocycles. The Bertz CT molecular complexity index is 1000. The van der Waals surface area contributed by atoms with E-state index in [1.807, 2.05) is 17.5 Å². The van der Waals surface area contributed by atoms with E-state index in [-0.39, 0.29) is 24.0 Å². The first kappa shape index (κ1) is 24.5. The van der Waals surface area contributed by atoms with Gasteiger partial charge >= 0.3 is 0 Å². The lowest BCUT2D eigenvalue weighted by atomic mass is 10.1. The number of benzene rings is 1. The van der Waals surface area contributed by atoms with E-state index in [4.69, 9.17) is 13.9 Å². The minimum Gasteiger partial charge on any atom is -0.493 e. The smallest absolute Gasteiger partial charge is 0.236 e. The molecule has 1 saturated heterocycles. The van der Waals surface area contributed by atoms with Gasteiger partial charge in [0.15, 0.2) is 5.96 Å². The van der Waals surface area contributed by atoms with Crippen LogP contribution in [0.15, 0.2) is 51.4 Å². The highest BCUT2D eigenvalue weighted by Gasteiger charge is 2.17. The number of oxazole rings is 1. The molecule has 0 saturated carbocycles. The van der Waals surface area contributed by atoms with E-state index < -0.39 is 0 Å². The second-order valence-electron chi connectivity index (χ2n) is 7.55. The molecule has 9 heteroatoms. The van der Waals surface area contributed by atoms with Crippen molar-refractivity contribution < 1.29 is 13.9 Å². The van der Waals surface area contributed by atoms with E-state index in [0.29, 0.717) is 37.5 Å². The third kappa shape index (κ3) is 6.69. The Labute approximate surface area is 209 Å². The van der Waals surface area contributed by atoms with E-state index in [9.17, 15) is 0 Å². The summed E-state index contributed by atoms with van der Waals surface area (Å²) >= 11 is 1.61. The Kier molecular flexibility index (Phi) is 9.36. The zero-order chi connectivity index (χ0) is 21.5. The van der Waals surface area contributed by atoms with Crippen LogP contribution in [0.3, 0.4) is 0 Å². The molecule has 0 aliphatic carbocycles. The monoisotopic (exact) mass is 568 g/mol. The highest BCUT2D eigenvalue weighted by Crippen LogP contribution is 2.24. The Balaban J connectivity index is 0.00000289. The van der Waals surface area contributed by atoms with Crippen molar-refractivity contribution in [3.63, 3.8) is 0 Å². The number of thiophene rings is 1. The van der Waals surface area contributed by atoms with E-state index >= 15 is 0 Å². The van der Waals surface area contributed by atoms with Crippen LogP contribution < -0.4 is 15.4 Å². The van der Waals surface area contributed by atoms with Gasteiger partial charge in [0, 0.05) is 31.7 Å². The van der Waals surface area contributed by atoms with Crippen LogP contribution in [-0.4, -0.2) is 37.8 Å². The van der Waals surface area contributed by atoms with Gasteiger partial charge < -0.3 is 24.5 Å². The third-order valence-electron chi connectivity index (χ3n) is 5.11. The number of rotatable bonds is 8. The molecule has 3 heterocycles. The molecule has 0 radical (unpaired) electrons. The maximum atomic E-state index is 6.13. The Morgan fingerprint density at radius 1 is 1.28 bits per heavy atom. The highest BCUT2D eigenvalue weighted by molar-refractivity contribution is 14.0. The van der Waals surface area contributed by atoms with Crippen molar-refractivity contribution in [2.24, 2.45) is 10.9 Å². The van der Waals surface area contributed by atoms with Crippen molar-refractivity contribution in [2.75, 3.05) is 26.9 Å². The Hall–Kier alpha value is -2.11. The van der Waals surface area contributed by atoms with Gasteiger partial charge in [0.25, 0.3) is 0 Å². The van der Waals surface area contributed by atoms with Gasteiger partial charge in [0.05, 0.1) is 30.3 Å². The van der Waals surface area contributed by atoms with Gasteiger partial charge in [0.2, 0.25) is 5.89 Å². The fraction of sp³-hybridized carbons (Fsp3) is 0.391. The minimum atomic E-state index is 0. The molecule has 172 valence electrons. The molecule has 1 atom stereocenters. The number of aryl methyl sites for hydroxylation is 1. The first-order chi connectivity index (χ1) is 15.2. The van der Waals surface area contributed by atoms with Gasteiger partial charge in [-0.3, -0.25) is 4.99 Å². The van der Waals surface area contributed by atoms with E-state index in [0.717, 1.165) is 41.5 Å². The maximum absolute atomic E-state index is 6.13. The molecule has 1 aliphatic rings. The number of ether oxygens (including phenoxy) is 2. The number of halogens is 1. The molecule has 2 aromatic heterocycles. The van der Waals surface area contributed by atoms with Gasteiger partial charge in [-0.2, -0.15) is 0 Å². The SMILES string of the molecule is CN=C(NCc1coc(-c2cccs2)n1)NCc1ccc(C)cc1OCC1CCOC1.I. The lowest BCUT2D eigenvalue weighted by Gasteiger charge is -2.16. The molecule has 2 N–H and O–H groups in total. The summed E-state index contributed by atoms with van der Waals surface area (Å²) in [5, 5.41) is 8.65. The summed E-state index contributed by atoms with van der Waals surface area (Å²) in [4.78, 5) is 9.86. The van der Waals surface area contributed by atoms with Crippen LogP contribution in [0.4, 0.5) is 0 Å². The standard InChI is InChI=1S/C23H28N4O3S.HI/c1-16-5-6-18(20(10-16)29-14-17-7-8-28-13-17)11-25-23(24-2)26-12-19-15-30-22(27-19)21-4-3-9-31-21;/h3-6,9-10,15,17H,7-8,11-14H2,1-2H3,(H2,24,25,26);1H. The Morgan fingerprint density at radius 3 is 2.91 bits per heavy atom. The molecule has 0 bridgehead atoms. The number of hydrogen-bond acceptors (Lipinski definition) is 6. The number of aromatic nitrogens is 1. The summed E-state index contributed by atoms with van der Waals surface area (Å²) in [7, 11) is 1.75. The van der Waals surface area contributed by atoms with Gasteiger partial charge in [0.1, 0.15) is 12.0 Å². The van der Waals surface area contributed by atoms with Crippen molar-refractivity contribution in [3.8, 4) is 16.5 Å². The predicted octanol–water partition coefficient (Wildman–Crippen LogP) is 4.61. The first-order valence-electron chi connectivity index (χ1n) is 10.4. The van der Waals surface area contributed by atoms with Crippen LogP contribution in [0, 0.1) is 12.8 Å². The summed E-state index contributed by atoms with van der Waals surface area (Å²) < 4.78 is 17.2. The molecule has 1 unspecified atom stereocenters. The first-order valence-corrected chi connectivity index (χ1v) is 11.3. The van der Waals surface area contributed by atoms with Crippen LogP contribution in [-0.2, 0) is 17.8 Å². The second kappa shape index (κ2) is 12.2. The van der Waals surface area contributed by atoms with Crippen LogP contribution in [0.1, 0.15) is 23.2 Å². The zero-order valence-corrected chi connectivity index (χ0v) is 21.4. The summed E-state index contributed by atoms with van der Waals surface area (Å²) in [6.07, 6.45) is 2.74. The van der Waals surface area contributed by atoms with Crippen LogP contribution in [0.25, 0.3) is 10.8 Å². The van der Waals surface area contributed by atoms with Crippen molar-refractivity contribution in [1.29, 1.82) is 0 Å². The summed E-state index contributed by atoms with van der Waals surface area (Å²) in [5.41, 5.74) is 3.09. The number of hydrogen-bond donors (Lipinski definition) is 2. The van der Waals surface area contributed by atoms with Crippen molar-refractivity contribution >= 4 is 41.3 Å². The molecule has 4 rings (SSSR count). The lowest BCUT2D eigenvalue weighted by Crippen LogP contribution is -2.36. The van der Waals surface area contributed by atoms with Crippen LogP contribution >= 0.6 is 35.3 Å². The molecule has 3 aromatic rings. The van der Waals surface area contributed by atoms with Gasteiger partial charge in [-0.25, -0.2) is 4.98 Å². The fourth-order valence-corrected chi connectivity index (χ4v) is 4.00. The summed E-state index contributed by atoms with van der Waals surface area (Å²) in [6, 6.07) is 10.3. The number of nitrogens with one attached hydrogen (secondary N) is 2. The third-order valence-corrected chi connectivity index (χ3v) is 5.97. The molecule has 0 amide bonds. The van der Waals surface area contributed by atoms with Crippen molar-refractivity contribution in [1.82, 2.24) is 15.6 Å². The topological polar surface area (TPSA) is 80.9 Å². The number of guanidine groups is 1. The highest BCUT2D eigenvalue weighted by atomic mass is 127. The van der Waals surface area contributed by atoms with E-state index in [1.54, 1.807) is 24.6 Å². The molecular formula is C23H29IN4O3S. The lowest BCUT2D eigenvalue weighted by molar-refractivity contribution is 0.166. The number of nitrogens with zero attached hydrogens (tertiary/aromatic N) is 2. The average Bonchev–Trinajstić information content (AvgIpc) is 3.55. The van der Waals surface area contributed by atoms with E-state index in [2.05, 4.69) is 45.7 Å². The average molecular weight is 568 g/mol. The molecule has 1 aliphatic heterocycles. The largest absolute Gasteiger partial charge is 0.493 e. The second-order valence-corrected chi connectivity index (χ2v) is 8.50. The molecule has 32 heavy (non-hydrogen) atoms. The summed E-state index contributed by atoms with van der Waals surface area (Å²) in [5.74, 6) is 2.71. The zero-order valence-electron chi connectivity index (χ0n) is 18.3. The normalized spacial score (nSPS) is 15.9. The van der Waals surface area contributed by atoms with Crippen LogP contribution in [0.5, 0.6) is 5.75 Å². The van der Waals surface area contributed by atoms with Gasteiger partial charge in [-0.1, -0.05) is 18.2 Å². The molecule has 1 fully saturated rings. The van der Waals surface area contributed by atoms with Gasteiger partial charge in [-0.05, 0) is 36.4 Å². The van der Waals surface area contributed by atoms with E-state index in [1.165, 1.54) is 5.56 Å². The fourth-order valence-electron chi connectivity index (χ4n) is 3.34. The molecule has 0 spiro atoms. The van der Waals surface area contributed by atoms with Crippen molar-refractivity contribution in [3.05, 3.63) is 58.8 Å². The van der Waals surface area contributed by atoms with Crippen LogP contribution in [0.2, 0.25) is 0 Å². The molecule has 7 nitrogen and oxygen atoms in total. The predicted molar refractivity (Wildman–Crippen MR) is 138 cm³/mol. The number of aliphatic imine (C=N–C) groups is 1. The maximum Gasteiger partial charge on any atom is 0.236 e. The Morgan fingerprint density at radius 2 is 2.16 bits per heavy atom. The van der Waals surface area contributed by atoms with Gasteiger partial charge in [-0.15, -0.1) is 35.3 Å². The summed E-state index contributed by atoms with van der Waals surface area (Å²) in [6.45, 7) is 5.50. The molecular weight excluding hydrogens is 539 g/mol. The minimum absolute atomic E-state index is 0. The van der Waals surface area contributed by atoms with Crippen molar-refractivity contribution in [2.45, 2.75) is 26.4 Å².